The van der Waals surface area contributed by atoms with Gasteiger partial charge in [-0.15, -0.1) is 0 Å². The van der Waals surface area contributed by atoms with Crippen molar-refractivity contribution in [3.63, 3.8) is 0 Å². The molecule has 0 amide bonds. The summed E-state index contributed by atoms with van der Waals surface area (Å²) in [5.41, 5.74) is 11.1. The molecule has 0 aliphatic carbocycles. The Morgan fingerprint density at radius 1 is 0.917 bits per heavy atom. The van der Waals surface area contributed by atoms with Crippen LogP contribution in [0.1, 0.15) is 30.5 Å². The molecular weight excluding hydrogens is 458 g/mol. The highest BCUT2D eigenvalue weighted by Gasteiger charge is 2.58. The van der Waals surface area contributed by atoms with Crippen LogP contribution in [0.15, 0.2) is 96.1 Å². The number of ether oxygens (including phenoxy) is 4. The third-order valence-corrected chi connectivity index (χ3v) is 6.53. The first-order valence-corrected chi connectivity index (χ1v) is 11.9. The molecule has 8 nitrogen and oxygen atoms in total. The molecule has 0 saturated carbocycles. The molecule has 2 heterocycles. The van der Waals surface area contributed by atoms with Gasteiger partial charge in [-0.05, 0) is 36.1 Å². The number of esters is 1. The van der Waals surface area contributed by atoms with Gasteiger partial charge in [-0.2, -0.15) is 0 Å². The molecule has 5 rings (SSSR count). The molecule has 2 aliphatic heterocycles. The number of benzene rings is 3. The number of fused-ring (bicyclic) bond motifs is 1. The summed E-state index contributed by atoms with van der Waals surface area (Å²) in [7, 11) is 0. The molecule has 3 aromatic carbocycles. The van der Waals surface area contributed by atoms with Crippen LogP contribution in [-0.2, 0) is 29.3 Å². The maximum absolute atomic E-state index is 12.5. The van der Waals surface area contributed by atoms with Gasteiger partial charge >= 0.3 is 5.97 Å². The van der Waals surface area contributed by atoms with Gasteiger partial charge in [0.1, 0.15) is 23.9 Å². The Bertz CT molecular complexity index is 1150. The summed E-state index contributed by atoms with van der Waals surface area (Å²) in [4.78, 5) is 15.6. The number of carbonyl (C=O) groups excluding carboxylic acids is 1. The topological polar surface area (TPSA) is 103 Å². The summed E-state index contributed by atoms with van der Waals surface area (Å²) in [6.45, 7) is 3.44. The van der Waals surface area contributed by atoms with Gasteiger partial charge in [-0.3, -0.25) is 0 Å². The van der Waals surface area contributed by atoms with Crippen molar-refractivity contribution in [2.45, 2.75) is 49.6 Å². The number of hydrogen-bond acceptors (Lipinski definition) is 6. The Labute approximate surface area is 209 Å². The minimum absolute atomic E-state index is 0.0340. The van der Waals surface area contributed by atoms with E-state index in [1.165, 1.54) is 0 Å². The molecule has 4 atom stereocenters. The lowest BCUT2D eigenvalue weighted by atomic mass is 9.80. The second kappa shape index (κ2) is 9.76. The van der Waals surface area contributed by atoms with Crippen LogP contribution in [0, 0.1) is 0 Å². The van der Waals surface area contributed by atoms with Crippen molar-refractivity contribution < 1.29 is 23.7 Å². The summed E-state index contributed by atoms with van der Waals surface area (Å²) in [6, 6.07) is 28.8. The van der Waals surface area contributed by atoms with Crippen molar-refractivity contribution in [2.75, 3.05) is 6.61 Å². The number of rotatable bonds is 8. The minimum Gasteiger partial charge on any atom is -0.457 e. The maximum Gasteiger partial charge on any atom is 0.338 e. The summed E-state index contributed by atoms with van der Waals surface area (Å²) in [6.07, 6.45) is -2.42. The minimum atomic E-state index is -1.01. The van der Waals surface area contributed by atoms with Gasteiger partial charge in [0.05, 0.1) is 6.61 Å². The van der Waals surface area contributed by atoms with Crippen LogP contribution in [0.5, 0.6) is 0 Å². The Hall–Kier alpha value is -3.68. The Morgan fingerprint density at radius 2 is 1.42 bits per heavy atom. The molecule has 2 fully saturated rings. The van der Waals surface area contributed by atoms with E-state index in [0.717, 1.165) is 16.7 Å². The van der Waals surface area contributed by atoms with Crippen LogP contribution < -0.4 is 0 Å². The zero-order chi connectivity index (χ0) is 25.2. The van der Waals surface area contributed by atoms with E-state index in [4.69, 9.17) is 18.9 Å². The fourth-order valence-corrected chi connectivity index (χ4v) is 5.02. The standard InChI is InChI=1S/C28H27N3O5/c1-27(2)35-24-23(34-26(32)25(24)36-27)22(30-31-29)18-33-28(19-12-6-3-7-13-19,20-14-8-4-9-15-20)21-16-10-5-11-17-21/h3-17,22-25H,18H2,1-2H3/t22-,23-,24+,25+/m1/s1. The van der Waals surface area contributed by atoms with Crippen molar-refractivity contribution in [2.24, 2.45) is 5.11 Å². The Kier molecular flexibility index (Phi) is 6.51. The number of hydrogen-bond donors (Lipinski definition) is 0. The summed E-state index contributed by atoms with van der Waals surface area (Å²) in [5, 5.41) is 3.98. The van der Waals surface area contributed by atoms with Crippen LogP contribution >= 0.6 is 0 Å². The van der Waals surface area contributed by atoms with Gasteiger partial charge in [-0.1, -0.05) is 96.1 Å². The van der Waals surface area contributed by atoms with Crippen LogP contribution in [-0.4, -0.2) is 42.7 Å². The first-order chi connectivity index (χ1) is 17.4. The molecule has 0 aromatic heterocycles. The van der Waals surface area contributed by atoms with Gasteiger partial charge in [-0.25, -0.2) is 4.79 Å². The fourth-order valence-electron chi connectivity index (χ4n) is 5.02. The van der Waals surface area contributed by atoms with E-state index >= 15 is 0 Å². The molecule has 36 heavy (non-hydrogen) atoms. The highest BCUT2D eigenvalue weighted by atomic mass is 16.8. The molecule has 0 bridgehead atoms. The smallest absolute Gasteiger partial charge is 0.338 e. The monoisotopic (exact) mass is 485 g/mol. The van der Waals surface area contributed by atoms with E-state index in [1.807, 2.05) is 91.0 Å². The molecule has 2 aliphatic rings. The van der Waals surface area contributed by atoms with Crippen molar-refractivity contribution in [1.29, 1.82) is 0 Å². The summed E-state index contributed by atoms with van der Waals surface area (Å²) < 4.78 is 24.1. The van der Waals surface area contributed by atoms with E-state index in [2.05, 4.69) is 10.0 Å². The number of azide groups is 1. The van der Waals surface area contributed by atoms with Crippen molar-refractivity contribution >= 4 is 5.97 Å². The lowest BCUT2D eigenvalue weighted by Crippen LogP contribution is -2.43. The van der Waals surface area contributed by atoms with Crippen LogP contribution in [0.2, 0.25) is 0 Å². The molecule has 0 N–H and O–H groups in total. The Morgan fingerprint density at radius 3 is 1.89 bits per heavy atom. The quantitative estimate of drug-likeness (QED) is 0.145. The predicted octanol–water partition coefficient (Wildman–Crippen LogP) is 5.12. The van der Waals surface area contributed by atoms with Crippen LogP contribution in [0.4, 0.5) is 0 Å². The maximum atomic E-state index is 12.5. The SMILES string of the molecule is CC1(C)O[C@H]2[C@@H]([C@@H](COC(c3ccccc3)(c3ccccc3)c3ccccc3)N=[N+]=[N-])OC(=O)[C@H]2O1. The zero-order valence-electron chi connectivity index (χ0n) is 20.1. The second-order valence-electron chi connectivity index (χ2n) is 9.28. The van der Waals surface area contributed by atoms with Gasteiger partial charge in [0.2, 0.25) is 0 Å². The van der Waals surface area contributed by atoms with E-state index in [1.54, 1.807) is 13.8 Å². The zero-order valence-corrected chi connectivity index (χ0v) is 20.1. The lowest BCUT2D eigenvalue weighted by molar-refractivity contribution is -0.189. The van der Waals surface area contributed by atoms with Crippen LogP contribution in [0.3, 0.4) is 0 Å². The first-order valence-electron chi connectivity index (χ1n) is 11.9. The van der Waals surface area contributed by atoms with Gasteiger partial charge in [0, 0.05) is 4.91 Å². The van der Waals surface area contributed by atoms with E-state index in [0.29, 0.717) is 0 Å². The molecule has 0 radical (unpaired) electrons. The average molecular weight is 486 g/mol. The largest absolute Gasteiger partial charge is 0.457 e. The highest BCUT2D eigenvalue weighted by molar-refractivity contribution is 5.78. The first kappa shape index (κ1) is 24.0. The van der Waals surface area contributed by atoms with Gasteiger partial charge in [0.15, 0.2) is 11.9 Å². The molecule has 2 saturated heterocycles. The van der Waals surface area contributed by atoms with Crippen LogP contribution in [0.25, 0.3) is 10.4 Å². The lowest BCUT2D eigenvalue weighted by Gasteiger charge is -2.37. The van der Waals surface area contributed by atoms with E-state index in [-0.39, 0.29) is 6.61 Å². The third-order valence-electron chi connectivity index (χ3n) is 6.53. The summed E-state index contributed by atoms with van der Waals surface area (Å²) in [5.74, 6) is -1.48. The number of cyclic esters (lactones) is 1. The molecule has 184 valence electrons. The van der Waals surface area contributed by atoms with E-state index in [9.17, 15) is 10.3 Å². The third kappa shape index (κ3) is 4.36. The highest BCUT2D eigenvalue weighted by Crippen LogP contribution is 2.42. The molecule has 3 aromatic rings. The molecular formula is C28H27N3O5. The second-order valence-corrected chi connectivity index (χ2v) is 9.28. The van der Waals surface area contributed by atoms with Crippen molar-refractivity contribution in [3.8, 4) is 0 Å². The summed E-state index contributed by atoms with van der Waals surface area (Å²) >= 11 is 0. The fraction of sp³-hybridized carbons (Fsp3) is 0.321. The average Bonchev–Trinajstić information content (AvgIpc) is 3.38. The van der Waals surface area contributed by atoms with Gasteiger partial charge < -0.3 is 18.9 Å². The number of carbonyl (C=O) groups is 1. The predicted molar refractivity (Wildman–Crippen MR) is 132 cm³/mol. The van der Waals surface area contributed by atoms with Crippen molar-refractivity contribution in [3.05, 3.63) is 118 Å². The number of nitrogens with zero attached hydrogens (tertiary/aromatic N) is 3. The molecule has 0 unspecified atom stereocenters. The molecule has 0 spiro atoms. The van der Waals surface area contributed by atoms with E-state index < -0.39 is 41.7 Å². The normalized spacial score (nSPS) is 23.4. The van der Waals surface area contributed by atoms with Crippen molar-refractivity contribution in [1.82, 2.24) is 0 Å². The van der Waals surface area contributed by atoms with Gasteiger partial charge in [0.25, 0.3) is 0 Å². The Balaban J connectivity index is 1.56. The molecule has 8 heteroatoms.